The van der Waals surface area contributed by atoms with Gasteiger partial charge in [-0.15, -0.1) is 0 Å². The van der Waals surface area contributed by atoms with Crippen molar-refractivity contribution in [3.05, 3.63) is 29.3 Å². The van der Waals surface area contributed by atoms with E-state index in [-0.39, 0.29) is 12.1 Å². The standard InChI is InChI=1S/C26H43ClN2O4/c1-4-17-29(26(30)33-25-13-9-22(27)10-14-25)23-11-15-24(16-12-23)32-20-8-6-5-7-18-28(2)19-21-31-3/h9-10,13-14,23-24H,4-8,11-12,15-21H2,1-3H3/t23-,24-. The molecule has 33 heavy (non-hydrogen) atoms. The van der Waals surface area contributed by atoms with Gasteiger partial charge < -0.3 is 24.0 Å². The number of halogens is 1. The maximum absolute atomic E-state index is 12.8. The quantitative estimate of drug-likeness (QED) is 0.286. The summed E-state index contributed by atoms with van der Waals surface area (Å²) in [7, 11) is 3.90. The highest BCUT2D eigenvalue weighted by molar-refractivity contribution is 6.30. The van der Waals surface area contributed by atoms with Crippen molar-refractivity contribution in [3.63, 3.8) is 0 Å². The fourth-order valence-corrected chi connectivity index (χ4v) is 4.42. The maximum atomic E-state index is 12.8. The molecule has 7 heteroatoms. The van der Waals surface area contributed by atoms with Crippen molar-refractivity contribution in [2.45, 2.75) is 76.9 Å². The summed E-state index contributed by atoms with van der Waals surface area (Å²) in [6.45, 7) is 6.57. The second-order valence-electron chi connectivity index (χ2n) is 9.03. The van der Waals surface area contributed by atoms with Crippen LogP contribution in [0.3, 0.4) is 0 Å². The summed E-state index contributed by atoms with van der Waals surface area (Å²) in [6.07, 6.45) is 9.71. The molecule has 1 aromatic rings. The van der Waals surface area contributed by atoms with Gasteiger partial charge in [-0.1, -0.05) is 31.4 Å². The number of hydrogen-bond donors (Lipinski definition) is 0. The number of amides is 1. The van der Waals surface area contributed by atoms with Crippen molar-refractivity contribution in [2.24, 2.45) is 0 Å². The minimum Gasteiger partial charge on any atom is -0.410 e. The third-order valence-corrected chi connectivity index (χ3v) is 6.52. The van der Waals surface area contributed by atoms with Crippen LogP contribution in [0.2, 0.25) is 5.02 Å². The zero-order valence-corrected chi connectivity index (χ0v) is 21.5. The van der Waals surface area contributed by atoms with Gasteiger partial charge in [0.1, 0.15) is 5.75 Å². The lowest BCUT2D eigenvalue weighted by Crippen LogP contribution is -2.45. The third kappa shape index (κ3) is 11.1. The minimum absolute atomic E-state index is 0.222. The molecule has 1 saturated carbocycles. The Balaban J connectivity index is 1.61. The molecule has 0 spiro atoms. The number of nitrogens with zero attached hydrogens (tertiary/aromatic N) is 2. The first-order chi connectivity index (χ1) is 16.0. The topological polar surface area (TPSA) is 51.2 Å². The Kier molecular flexibility index (Phi) is 13.8. The van der Waals surface area contributed by atoms with Crippen molar-refractivity contribution in [1.29, 1.82) is 0 Å². The molecule has 1 amide bonds. The Bertz CT molecular complexity index is 650. The lowest BCUT2D eigenvalue weighted by molar-refractivity contribution is 0.00764. The second-order valence-corrected chi connectivity index (χ2v) is 9.46. The van der Waals surface area contributed by atoms with Crippen LogP contribution >= 0.6 is 11.6 Å². The van der Waals surface area contributed by atoms with E-state index in [0.29, 0.717) is 23.4 Å². The van der Waals surface area contributed by atoms with Gasteiger partial charge in [-0.2, -0.15) is 0 Å². The molecule has 0 aliphatic heterocycles. The molecule has 0 aromatic heterocycles. The maximum Gasteiger partial charge on any atom is 0.415 e. The van der Waals surface area contributed by atoms with Crippen molar-refractivity contribution < 1.29 is 19.0 Å². The molecule has 1 aromatic carbocycles. The summed E-state index contributed by atoms with van der Waals surface area (Å²) in [6, 6.07) is 7.15. The van der Waals surface area contributed by atoms with Gasteiger partial charge >= 0.3 is 6.09 Å². The van der Waals surface area contributed by atoms with Crippen molar-refractivity contribution in [3.8, 4) is 5.75 Å². The zero-order chi connectivity index (χ0) is 23.9. The number of hydrogen-bond acceptors (Lipinski definition) is 5. The van der Waals surface area contributed by atoms with E-state index in [1.165, 1.54) is 19.3 Å². The van der Waals surface area contributed by atoms with Crippen LogP contribution in [0.4, 0.5) is 4.79 Å². The van der Waals surface area contributed by atoms with Crippen molar-refractivity contribution >= 4 is 17.7 Å². The first kappa shape index (κ1) is 27.9. The normalized spacial score (nSPS) is 18.5. The fraction of sp³-hybridized carbons (Fsp3) is 0.731. The number of benzene rings is 1. The molecular formula is C26H43ClN2O4. The van der Waals surface area contributed by atoms with E-state index in [1.54, 1.807) is 31.4 Å². The molecule has 1 aliphatic rings. The number of unbranched alkanes of at least 4 members (excludes halogenated alkanes) is 3. The molecule has 2 rings (SSSR count). The summed E-state index contributed by atoms with van der Waals surface area (Å²) in [5.41, 5.74) is 0. The molecule has 0 N–H and O–H groups in total. The average molecular weight is 483 g/mol. The Morgan fingerprint density at radius 1 is 0.970 bits per heavy atom. The molecule has 0 saturated heterocycles. The summed E-state index contributed by atoms with van der Waals surface area (Å²) in [5, 5.41) is 0.629. The monoisotopic (exact) mass is 482 g/mol. The summed E-state index contributed by atoms with van der Waals surface area (Å²) in [4.78, 5) is 17.0. The SMILES string of the molecule is CCCN(C(=O)Oc1ccc(Cl)cc1)[C@H]1CC[C@H](OCCCCCCN(C)CCOC)CC1. The number of rotatable bonds is 15. The lowest BCUT2D eigenvalue weighted by Gasteiger charge is -2.36. The summed E-state index contributed by atoms with van der Waals surface area (Å²) in [5.74, 6) is 0.532. The van der Waals surface area contributed by atoms with Gasteiger partial charge in [0.2, 0.25) is 0 Å². The zero-order valence-electron chi connectivity index (χ0n) is 20.8. The Labute approximate surface area is 205 Å². The number of ether oxygens (including phenoxy) is 3. The van der Waals surface area contributed by atoms with E-state index < -0.39 is 0 Å². The summed E-state index contributed by atoms with van der Waals surface area (Å²) >= 11 is 5.92. The van der Waals surface area contributed by atoms with Crippen LogP contribution in [0.25, 0.3) is 0 Å². The smallest absolute Gasteiger partial charge is 0.410 e. The van der Waals surface area contributed by atoms with Gasteiger partial charge in [0, 0.05) is 37.9 Å². The third-order valence-electron chi connectivity index (χ3n) is 6.27. The van der Waals surface area contributed by atoms with Gasteiger partial charge in [0.25, 0.3) is 0 Å². The molecule has 0 radical (unpaired) electrons. The van der Waals surface area contributed by atoms with Crippen LogP contribution in [0.5, 0.6) is 5.75 Å². The second kappa shape index (κ2) is 16.3. The Morgan fingerprint density at radius 2 is 1.67 bits per heavy atom. The van der Waals surface area contributed by atoms with Crippen molar-refractivity contribution in [2.75, 3.05) is 47.0 Å². The number of carbonyl (C=O) groups is 1. The lowest BCUT2D eigenvalue weighted by atomic mass is 9.92. The largest absolute Gasteiger partial charge is 0.415 e. The van der Waals surface area contributed by atoms with Crippen LogP contribution < -0.4 is 4.74 Å². The highest BCUT2D eigenvalue weighted by Gasteiger charge is 2.29. The molecule has 1 aliphatic carbocycles. The van der Waals surface area contributed by atoms with E-state index >= 15 is 0 Å². The first-order valence-electron chi connectivity index (χ1n) is 12.6. The van der Waals surface area contributed by atoms with E-state index in [2.05, 4.69) is 18.9 Å². The highest BCUT2D eigenvalue weighted by Crippen LogP contribution is 2.27. The van der Waals surface area contributed by atoms with Crippen LogP contribution in [-0.2, 0) is 9.47 Å². The van der Waals surface area contributed by atoms with Gasteiger partial charge in [-0.05, 0) is 82.8 Å². The van der Waals surface area contributed by atoms with E-state index in [1.807, 2.05) is 4.90 Å². The summed E-state index contributed by atoms with van der Waals surface area (Å²) < 4.78 is 16.9. The molecule has 1 fully saturated rings. The predicted octanol–water partition coefficient (Wildman–Crippen LogP) is 6.02. The van der Waals surface area contributed by atoms with Gasteiger partial charge in [-0.25, -0.2) is 4.79 Å². The van der Waals surface area contributed by atoms with Crippen molar-refractivity contribution in [1.82, 2.24) is 9.80 Å². The van der Waals surface area contributed by atoms with Gasteiger partial charge in [-0.3, -0.25) is 0 Å². The van der Waals surface area contributed by atoms with Gasteiger partial charge in [0.15, 0.2) is 0 Å². The van der Waals surface area contributed by atoms with Crippen LogP contribution in [0.15, 0.2) is 24.3 Å². The van der Waals surface area contributed by atoms with E-state index in [0.717, 1.165) is 64.8 Å². The van der Waals surface area contributed by atoms with Crippen LogP contribution in [-0.4, -0.2) is 75.0 Å². The van der Waals surface area contributed by atoms with Gasteiger partial charge in [0.05, 0.1) is 12.7 Å². The molecule has 0 heterocycles. The molecular weight excluding hydrogens is 440 g/mol. The molecule has 0 atom stereocenters. The fourth-order valence-electron chi connectivity index (χ4n) is 4.30. The molecule has 188 valence electrons. The van der Waals surface area contributed by atoms with E-state index in [4.69, 9.17) is 25.8 Å². The Morgan fingerprint density at radius 3 is 2.33 bits per heavy atom. The van der Waals surface area contributed by atoms with Crippen LogP contribution in [0, 0.1) is 0 Å². The number of methoxy groups -OCH3 is 1. The average Bonchev–Trinajstić information content (AvgIpc) is 2.82. The molecule has 0 bridgehead atoms. The highest BCUT2D eigenvalue weighted by atomic mass is 35.5. The molecule has 6 nitrogen and oxygen atoms in total. The number of carbonyl (C=O) groups excluding carboxylic acids is 1. The van der Waals surface area contributed by atoms with Crippen LogP contribution in [0.1, 0.15) is 64.7 Å². The molecule has 0 unspecified atom stereocenters. The number of likely N-dealkylation sites (N-methyl/N-ethyl adjacent to an activating group) is 1. The van der Waals surface area contributed by atoms with E-state index in [9.17, 15) is 4.79 Å². The minimum atomic E-state index is -0.267. The first-order valence-corrected chi connectivity index (χ1v) is 12.9. The Hall–Kier alpha value is -1.34. The predicted molar refractivity (Wildman–Crippen MR) is 134 cm³/mol.